The number of sulfone groups is 1. The van der Waals surface area contributed by atoms with Gasteiger partial charge in [0.15, 0.2) is 9.84 Å². The van der Waals surface area contributed by atoms with Gasteiger partial charge in [-0.25, -0.2) is 17.8 Å². The molecule has 1 amide bonds. The number of nitrogens with one attached hydrogen (secondary N) is 1. The summed E-state index contributed by atoms with van der Waals surface area (Å²) in [6.07, 6.45) is 0.860. The van der Waals surface area contributed by atoms with Gasteiger partial charge >= 0.3 is 0 Å². The summed E-state index contributed by atoms with van der Waals surface area (Å²) in [6.45, 7) is 1.63. The molecule has 164 valence electrons. The number of amides is 1. The number of hydrogen-bond acceptors (Lipinski definition) is 7. The summed E-state index contributed by atoms with van der Waals surface area (Å²) < 4.78 is 37.7. The summed E-state index contributed by atoms with van der Waals surface area (Å²) >= 11 is 1.13. The zero-order chi connectivity index (χ0) is 22.8. The maximum atomic E-state index is 14.7. The summed E-state index contributed by atoms with van der Waals surface area (Å²) in [4.78, 5) is 16.7. The maximum Gasteiger partial charge on any atom is 0.251 e. The van der Waals surface area contributed by atoms with Crippen LogP contribution >= 0.6 is 11.3 Å². The number of nitrogens with zero attached hydrogens (tertiary/aromatic N) is 1. The summed E-state index contributed by atoms with van der Waals surface area (Å²) in [5, 5.41) is 12.8. The minimum Gasteiger partial charge on any atom is -0.393 e. The highest BCUT2D eigenvalue weighted by molar-refractivity contribution is 7.89. The van der Waals surface area contributed by atoms with E-state index in [1.165, 1.54) is 12.1 Å². The lowest BCUT2D eigenvalue weighted by Gasteiger charge is -2.07. The standard InChI is InChI=1S/C21H22FN3O4S2/c1-12(26)8-13-6-7-15(17(22)9-13)18-10-16(20(23)27)21(30-18)25-19-5-3-4-14(24-19)11-31(2,28)29/h3-7,9-10,12,26H,8,11H2,1-2H3,(H2,23,27)(H,24,25). The Labute approximate surface area is 183 Å². The fourth-order valence-corrected chi connectivity index (χ4v) is 4.84. The zero-order valence-corrected chi connectivity index (χ0v) is 18.6. The zero-order valence-electron chi connectivity index (χ0n) is 16.9. The number of primary amides is 1. The number of aliphatic hydroxyl groups excluding tert-OH is 1. The SMILES string of the molecule is CC(O)Cc1ccc(-c2cc(C(N)=O)c(Nc3cccc(CS(C)(=O)=O)n3)s2)c(F)c1. The van der Waals surface area contributed by atoms with Crippen molar-refractivity contribution in [2.24, 2.45) is 5.73 Å². The Morgan fingerprint density at radius 1 is 1.29 bits per heavy atom. The Bertz CT molecular complexity index is 1220. The molecule has 31 heavy (non-hydrogen) atoms. The number of hydrogen-bond donors (Lipinski definition) is 3. The number of anilines is 2. The third-order valence-electron chi connectivity index (χ3n) is 4.29. The average Bonchev–Trinajstić information content (AvgIpc) is 3.04. The van der Waals surface area contributed by atoms with Gasteiger partial charge in [0, 0.05) is 16.7 Å². The van der Waals surface area contributed by atoms with E-state index in [1.54, 1.807) is 37.3 Å². The predicted molar refractivity (Wildman–Crippen MR) is 120 cm³/mol. The molecule has 3 rings (SSSR count). The summed E-state index contributed by atoms with van der Waals surface area (Å²) in [6, 6.07) is 11.0. The molecule has 4 N–H and O–H groups in total. The van der Waals surface area contributed by atoms with Gasteiger partial charge in [-0.3, -0.25) is 4.79 Å². The molecule has 10 heteroatoms. The molecule has 0 radical (unpaired) electrons. The summed E-state index contributed by atoms with van der Waals surface area (Å²) in [5.41, 5.74) is 6.98. The van der Waals surface area contributed by atoms with Crippen LogP contribution in [0.1, 0.15) is 28.5 Å². The number of benzene rings is 1. The molecule has 0 spiro atoms. The number of carbonyl (C=O) groups is 1. The largest absolute Gasteiger partial charge is 0.393 e. The van der Waals surface area contributed by atoms with Gasteiger partial charge < -0.3 is 16.2 Å². The van der Waals surface area contributed by atoms with E-state index >= 15 is 0 Å². The first-order valence-electron chi connectivity index (χ1n) is 9.33. The molecule has 0 aliphatic heterocycles. The second kappa shape index (κ2) is 9.13. The molecule has 0 aliphatic rings. The first-order chi connectivity index (χ1) is 14.5. The van der Waals surface area contributed by atoms with E-state index in [-0.39, 0.29) is 11.3 Å². The van der Waals surface area contributed by atoms with E-state index in [2.05, 4.69) is 10.3 Å². The molecule has 0 saturated heterocycles. The van der Waals surface area contributed by atoms with E-state index in [4.69, 9.17) is 5.73 Å². The van der Waals surface area contributed by atoms with Gasteiger partial charge in [0.05, 0.1) is 23.1 Å². The average molecular weight is 464 g/mol. The van der Waals surface area contributed by atoms with Crippen molar-refractivity contribution in [2.45, 2.75) is 25.2 Å². The molecule has 1 unspecified atom stereocenters. The number of aliphatic hydroxyl groups is 1. The van der Waals surface area contributed by atoms with Crippen LogP contribution in [0.4, 0.5) is 15.2 Å². The van der Waals surface area contributed by atoms with Crippen molar-refractivity contribution in [3.63, 3.8) is 0 Å². The van der Waals surface area contributed by atoms with Crippen molar-refractivity contribution in [3.8, 4) is 10.4 Å². The first kappa shape index (κ1) is 22.9. The lowest BCUT2D eigenvalue weighted by molar-refractivity contribution is 0.100. The fraction of sp³-hybridized carbons (Fsp3) is 0.238. The Hall–Kier alpha value is -2.82. The van der Waals surface area contributed by atoms with E-state index < -0.39 is 27.7 Å². The van der Waals surface area contributed by atoms with Gasteiger partial charge in [-0.2, -0.15) is 0 Å². The van der Waals surface area contributed by atoms with E-state index in [0.29, 0.717) is 38.9 Å². The van der Waals surface area contributed by atoms with Crippen LogP contribution in [0.15, 0.2) is 42.5 Å². The van der Waals surface area contributed by atoms with Crippen molar-refractivity contribution >= 4 is 37.9 Å². The van der Waals surface area contributed by atoms with Crippen LogP contribution in [0.3, 0.4) is 0 Å². The minimum absolute atomic E-state index is 0.169. The highest BCUT2D eigenvalue weighted by atomic mass is 32.2. The van der Waals surface area contributed by atoms with E-state index in [0.717, 1.165) is 17.6 Å². The summed E-state index contributed by atoms with van der Waals surface area (Å²) in [5.74, 6) is -1.05. The molecule has 1 aromatic carbocycles. The number of carbonyl (C=O) groups excluding carboxylic acids is 1. The monoisotopic (exact) mass is 463 g/mol. The minimum atomic E-state index is -3.26. The fourth-order valence-electron chi connectivity index (χ4n) is 3.04. The second-order valence-electron chi connectivity index (χ2n) is 7.29. The number of thiophene rings is 1. The van der Waals surface area contributed by atoms with Gasteiger partial charge in [0.1, 0.15) is 16.6 Å². The van der Waals surface area contributed by atoms with Gasteiger partial charge in [-0.15, -0.1) is 11.3 Å². The Morgan fingerprint density at radius 3 is 2.65 bits per heavy atom. The Morgan fingerprint density at radius 2 is 2.03 bits per heavy atom. The number of halogens is 1. The van der Waals surface area contributed by atoms with Crippen LogP contribution in [0.25, 0.3) is 10.4 Å². The predicted octanol–water partition coefficient (Wildman–Crippen LogP) is 3.26. The van der Waals surface area contributed by atoms with Gasteiger partial charge in [-0.1, -0.05) is 18.2 Å². The number of pyridine rings is 1. The van der Waals surface area contributed by atoms with E-state index in [9.17, 15) is 22.7 Å². The molecule has 3 aromatic rings. The Balaban J connectivity index is 1.93. The van der Waals surface area contributed by atoms with Crippen LogP contribution in [0, 0.1) is 5.82 Å². The quantitative estimate of drug-likeness (QED) is 0.471. The van der Waals surface area contributed by atoms with Crippen LogP contribution in [-0.2, 0) is 22.0 Å². The smallest absolute Gasteiger partial charge is 0.251 e. The Kier molecular flexibility index (Phi) is 6.73. The molecule has 0 saturated carbocycles. The molecule has 2 heterocycles. The van der Waals surface area contributed by atoms with Crippen LogP contribution in [0.2, 0.25) is 0 Å². The van der Waals surface area contributed by atoms with Crippen molar-refractivity contribution in [2.75, 3.05) is 11.6 Å². The molecule has 7 nitrogen and oxygen atoms in total. The van der Waals surface area contributed by atoms with Crippen molar-refractivity contribution in [1.82, 2.24) is 4.98 Å². The molecule has 2 aromatic heterocycles. The van der Waals surface area contributed by atoms with Crippen LogP contribution in [-0.4, -0.2) is 36.8 Å². The topological polar surface area (TPSA) is 122 Å². The van der Waals surface area contributed by atoms with Gasteiger partial charge in [-0.05, 0) is 43.2 Å². The highest BCUT2D eigenvalue weighted by Crippen LogP contribution is 2.38. The third-order valence-corrected chi connectivity index (χ3v) is 6.19. The maximum absolute atomic E-state index is 14.7. The lowest BCUT2D eigenvalue weighted by atomic mass is 10.0. The second-order valence-corrected chi connectivity index (χ2v) is 10.5. The summed E-state index contributed by atoms with van der Waals surface area (Å²) in [7, 11) is -3.26. The van der Waals surface area contributed by atoms with Crippen LogP contribution in [0.5, 0.6) is 0 Å². The highest BCUT2D eigenvalue weighted by Gasteiger charge is 2.18. The van der Waals surface area contributed by atoms with Crippen molar-refractivity contribution in [1.29, 1.82) is 0 Å². The molecule has 0 bridgehead atoms. The normalized spacial score (nSPS) is 12.5. The lowest BCUT2D eigenvalue weighted by Crippen LogP contribution is -2.11. The molecule has 1 atom stereocenters. The van der Waals surface area contributed by atoms with Gasteiger partial charge in [0.25, 0.3) is 5.91 Å². The number of nitrogens with two attached hydrogens (primary N) is 1. The molecular weight excluding hydrogens is 441 g/mol. The van der Waals surface area contributed by atoms with E-state index in [1.807, 2.05) is 0 Å². The first-order valence-corrected chi connectivity index (χ1v) is 12.2. The van der Waals surface area contributed by atoms with Gasteiger partial charge in [0.2, 0.25) is 0 Å². The van der Waals surface area contributed by atoms with Crippen molar-refractivity contribution < 1.29 is 22.7 Å². The van der Waals surface area contributed by atoms with Crippen LogP contribution < -0.4 is 11.1 Å². The molecule has 0 aliphatic carbocycles. The molecular formula is C21H22FN3O4S2. The number of rotatable bonds is 8. The van der Waals surface area contributed by atoms with Crippen molar-refractivity contribution in [3.05, 3.63) is 65.1 Å². The third kappa shape index (κ3) is 6.09. The molecule has 0 fully saturated rings. The number of aromatic nitrogens is 1.